The monoisotopic (exact) mass is 561 g/mol. The topological polar surface area (TPSA) is 112 Å². The molecule has 9 nitrogen and oxygen atoms in total. The zero-order valence-corrected chi connectivity index (χ0v) is 22.9. The van der Waals surface area contributed by atoms with Gasteiger partial charge in [0.05, 0.1) is 10.6 Å². The summed E-state index contributed by atoms with van der Waals surface area (Å²) in [7, 11) is -2.42. The van der Waals surface area contributed by atoms with Crippen molar-refractivity contribution in [1.82, 2.24) is 24.8 Å². The van der Waals surface area contributed by atoms with E-state index in [1.165, 1.54) is 33.7 Å². The zero-order valence-electron chi connectivity index (χ0n) is 20.5. The van der Waals surface area contributed by atoms with Crippen molar-refractivity contribution < 1.29 is 18.0 Å². The lowest BCUT2D eigenvalue weighted by molar-refractivity contribution is -0.126. The van der Waals surface area contributed by atoms with E-state index in [0.717, 1.165) is 34.2 Å². The van der Waals surface area contributed by atoms with Crippen LogP contribution in [0.5, 0.6) is 0 Å². The van der Waals surface area contributed by atoms with E-state index < -0.39 is 22.0 Å². The maximum Gasteiger partial charge on any atom is 0.283 e. The highest BCUT2D eigenvalue weighted by Crippen LogP contribution is 2.29. The molecule has 12 heteroatoms. The molecule has 2 N–H and O–H groups in total. The molecule has 2 aliphatic heterocycles. The van der Waals surface area contributed by atoms with Crippen molar-refractivity contribution >= 4 is 55.5 Å². The highest BCUT2D eigenvalue weighted by atomic mass is 35.5. The number of aromatic nitrogens is 1. The van der Waals surface area contributed by atoms with Crippen molar-refractivity contribution in [2.24, 2.45) is 0 Å². The van der Waals surface area contributed by atoms with Crippen LogP contribution in [-0.2, 0) is 27.8 Å². The number of hydrogen-bond donors (Lipinski definition) is 2. The van der Waals surface area contributed by atoms with Crippen LogP contribution < -0.4 is 10.6 Å². The maximum absolute atomic E-state index is 13.5. The average Bonchev–Trinajstić information content (AvgIpc) is 3.34. The van der Waals surface area contributed by atoms with Crippen LogP contribution in [0, 0.1) is 0 Å². The summed E-state index contributed by atoms with van der Waals surface area (Å²) >= 11 is 7.42. The minimum atomic E-state index is -3.90. The number of carbonyl (C=O) groups excluding carboxylic acids is 2. The van der Waals surface area contributed by atoms with Crippen molar-refractivity contribution in [2.75, 3.05) is 26.7 Å². The lowest BCUT2D eigenvalue weighted by Crippen LogP contribution is -2.61. The van der Waals surface area contributed by atoms with Gasteiger partial charge in [0.15, 0.2) is 5.01 Å². The van der Waals surface area contributed by atoms with Crippen LogP contribution in [0.1, 0.15) is 33.7 Å². The molecule has 2 aliphatic rings. The summed E-state index contributed by atoms with van der Waals surface area (Å²) in [5.74, 6) is -0.767. The second kappa shape index (κ2) is 10.3. The van der Waals surface area contributed by atoms with Gasteiger partial charge >= 0.3 is 0 Å². The first-order chi connectivity index (χ1) is 17.7. The Kier molecular flexibility index (Phi) is 7.25. The Balaban J connectivity index is 1.39. The molecule has 37 heavy (non-hydrogen) atoms. The molecule has 3 aromatic rings. The summed E-state index contributed by atoms with van der Waals surface area (Å²) in [5, 5.41) is 8.48. The largest absolute Gasteiger partial charge is 0.357 e. The fourth-order valence-electron chi connectivity index (χ4n) is 4.84. The van der Waals surface area contributed by atoms with Crippen molar-refractivity contribution in [3.8, 4) is 0 Å². The summed E-state index contributed by atoms with van der Waals surface area (Å²) in [4.78, 5) is 33.6. The summed E-state index contributed by atoms with van der Waals surface area (Å²) in [6, 6.07) is 9.50. The first kappa shape index (κ1) is 26.1. The van der Waals surface area contributed by atoms with Gasteiger partial charge in [0.2, 0.25) is 15.9 Å². The SMILES string of the molecule is CCC1Cc2sc(C(=O)N3CCN(S(=O)(=O)c4ccc5cc(Cl)ccc5c4)CC3C(=O)NC)nc2CN1. The number of carbonyl (C=O) groups is 2. The molecule has 2 atom stereocenters. The van der Waals surface area contributed by atoms with Gasteiger partial charge in [-0.25, -0.2) is 13.4 Å². The summed E-state index contributed by atoms with van der Waals surface area (Å²) < 4.78 is 28.4. The first-order valence-corrected chi connectivity index (χ1v) is 14.8. The predicted octanol–water partition coefficient (Wildman–Crippen LogP) is 2.64. The van der Waals surface area contributed by atoms with Gasteiger partial charge in [-0.3, -0.25) is 9.59 Å². The molecule has 0 radical (unpaired) electrons. The maximum atomic E-state index is 13.5. The van der Waals surface area contributed by atoms with Crippen LogP contribution in [0.3, 0.4) is 0 Å². The van der Waals surface area contributed by atoms with Crippen molar-refractivity contribution in [1.29, 1.82) is 0 Å². The number of benzene rings is 2. The van der Waals surface area contributed by atoms with Crippen LogP contribution in [-0.4, -0.2) is 73.2 Å². The Morgan fingerprint density at radius 3 is 2.70 bits per heavy atom. The molecule has 0 aliphatic carbocycles. The molecule has 0 bridgehead atoms. The third-order valence-corrected chi connectivity index (χ3v) is 10.2. The molecule has 2 aromatic carbocycles. The van der Waals surface area contributed by atoms with Crippen molar-refractivity contribution in [3.63, 3.8) is 0 Å². The van der Waals surface area contributed by atoms with Crippen LogP contribution in [0.15, 0.2) is 41.3 Å². The van der Waals surface area contributed by atoms with E-state index in [2.05, 4.69) is 22.5 Å². The van der Waals surface area contributed by atoms with Crippen LogP contribution in [0.4, 0.5) is 0 Å². The van der Waals surface area contributed by atoms with Crippen molar-refractivity contribution in [2.45, 2.75) is 43.3 Å². The zero-order chi connectivity index (χ0) is 26.3. The Labute approximate surface area is 224 Å². The van der Waals surface area contributed by atoms with Gasteiger partial charge in [-0.2, -0.15) is 4.31 Å². The number of piperazine rings is 1. The molecule has 1 fully saturated rings. The molecule has 5 rings (SSSR count). The number of thiazole rings is 1. The van der Waals surface area contributed by atoms with Crippen LogP contribution >= 0.6 is 22.9 Å². The van der Waals surface area contributed by atoms with Gasteiger partial charge in [-0.1, -0.05) is 30.7 Å². The molecular weight excluding hydrogens is 534 g/mol. The van der Waals surface area contributed by atoms with E-state index in [-0.39, 0.29) is 30.4 Å². The van der Waals surface area contributed by atoms with Crippen LogP contribution in [0.25, 0.3) is 10.8 Å². The van der Waals surface area contributed by atoms with E-state index in [1.807, 2.05) is 0 Å². The van der Waals surface area contributed by atoms with Gasteiger partial charge in [-0.05, 0) is 47.9 Å². The minimum absolute atomic E-state index is 0.0742. The van der Waals surface area contributed by atoms with Gasteiger partial charge in [0.1, 0.15) is 6.04 Å². The molecule has 1 aromatic heterocycles. The third-order valence-electron chi connectivity index (χ3n) is 7.01. The van der Waals surface area contributed by atoms with E-state index in [9.17, 15) is 18.0 Å². The Morgan fingerprint density at radius 1 is 1.19 bits per heavy atom. The molecule has 196 valence electrons. The molecule has 0 spiro atoms. The Morgan fingerprint density at radius 2 is 1.95 bits per heavy atom. The Bertz CT molecular complexity index is 1470. The Hall–Kier alpha value is -2.57. The normalized spacial score (nSPS) is 20.6. The molecule has 3 heterocycles. The summed E-state index contributed by atoms with van der Waals surface area (Å²) in [5.41, 5.74) is 0.869. The predicted molar refractivity (Wildman–Crippen MR) is 143 cm³/mol. The van der Waals surface area contributed by atoms with Crippen LogP contribution in [0.2, 0.25) is 5.02 Å². The fraction of sp³-hybridized carbons (Fsp3) is 0.400. The lowest BCUT2D eigenvalue weighted by atomic mass is 10.1. The number of hydrogen-bond acceptors (Lipinski definition) is 7. The van der Waals surface area contributed by atoms with E-state index in [0.29, 0.717) is 22.6 Å². The van der Waals surface area contributed by atoms with E-state index in [4.69, 9.17) is 11.6 Å². The van der Waals surface area contributed by atoms with Gasteiger partial charge < -0.3 is 15.5 Å². The standard InChI is InChI=1S/C25H28ClN5O4S2/c1-3-18-12-22-20(13-28-18)29-24(36-22)25(33)31-9-8-30(14-21(31)23(32)27-2)37(34,35)19-7-5-15-10-17(26)6-4-16(15)11-19/h4-7,10-11,18,21,28H,3,8-9,12-14H2,1-2H3,(H,27,32). The van der Waals surface area contributed by atoms with E-state index >= 15 is 0 Å². The number of amides is 2. The highest BCUT2D eigenvalue weighted by Gasteiger charge is 2.41. The number of rotatable bonds is 5. The second-order valence-corrected chi connectivity index (χ2v) is 12.7. The van der Waals surface area contributed by atoms with Gasteiger partial charge in [0, 0.05) is 49.2 Å². The minimum Gasteiger partial charge on any atom is -0.357 e. The smallest absolute Gasteiger partial charge is 0.283 e. The number of sulfonamides is 1. The average molecular weight is 562 g/mol. The summed E-state index contributed by atoms with van der Waals surface area (Å²) in [6.07, 6.45) is 1.81. The molecule has 2 amide bonds. The summed E-state index contributed by atoms with van der Waals surface area (Å²) in [6.45, 7) is 2.74. The molecule has 2 unspecified atom stereocenters. The van der Waals surface area contributed by atoms with Crippen molar-refractivity contribution in [3.05, 3.63) is 57.0 Å². The number of halogens is 1. The number of nitrogens with one attached hydrogen (secondary N) is 2. The second-order valence-electron chi connectivity index (χ2n) is 9.22. The number of nitrogens with zero attached hydrogens (tertiary/aromatic N) is 3. The third kappa shape index (κ3) is 4.98. The first-order valence-electron chi connectivity index (χ1n) is 12.1. The molecule has 1 saturated heterocycles. The van der Waals surface area contributed by atoms with Gasteiger partial charge in [0.25, 0.3) is 5.91 Å². The lowest BCUT2D eigenvalue weighted by Gasteiger charge is -2.39. The quantitative estimate of drug-likeness (QED) is 0.495. The number of likely N-dealkylation sites (N-methyl/N-ethyl adjacent to an activating group) is 1. The molecule has 0 saturated carbocycles. The number of fused-ring (bicyclic) bond motifs is 2. The fourth-order valence-corrected chi connectivity index (χ4v) is 7.60. The van der Waals surface area contributed by atoms with E-state index in [1.54, 1.807) is 30.3 Å². The van der Waals surface area contributed by atoms with Gasteiger partial charge in [-0.15, -0.1) is 11.3 Å². The molecular formula is C25H28ClN5O4S2. The highest BCUT2D eigenvalue weighted by molar-refractivity contribution is 7.89.